The molecule has 0 aliphatic carbocycles. The van der Waals surface area contributed by atoms with Crippen molar-refractivity contribution < 1.29 is 5.21 Å². The second-order valence-corrected chi connectivity index (χ2v) is 5.15. The van der Waals surface area contributed by atoms with E-state index in [1.165, 1.54) is 16.3 Å². The molecule has 0 aliphatic heterocycles. The molecule has 1 aromatic carbocycles. The third kappa shape index (κ3) is 2.69. The first-order valence-electron chi connectivity index (χ1n) is 5.98. The minimum absolute atomic E-state index is 0.0251. The molecule has 0 atom stereocenters. The van der Waals surface area contributed by atoms with Gasteiger partial charge in [-0.05, 0) is 37.7 Å². The monoisotopic (exact) mass is 293 g/mol. The number of oxime groups is 1. The molecule has 106 valence electrons. The van der Waals surface area contributed by atoms with Crippen LogP contribution in [0.25, 0.3) is 0 Å². The summed E-state index contributed by atoms with van der Waals surface area (Å²) in [6, 6.07) is 5.59. The zero-order chi connectivity index (χ0) is 14.7. The summed E-state index contributed by atoms with van der Waals surface area (Å²) in [6.45, 7) is 4.29. The third-order valence-corrected chi connectivity index (χ3v) is 3.83. The fourth-order valence-electron chi connectivity index (χ4n) is 1.75. The van der Waals surface area contributed by atoms with Crippen LogP contribution >= 0.6 is 11.8 Å². The lowest BCUT2D eigenvalue weighted by Crippen LogP contribution is -2.16. The summed E-state index contributed by atoms with van der Waals surface area (Å²) in [7, 11) is 0. The van der Waals surface area contributed by atoms with Crippen LogP contribution in [0.1, 0.15) is 18.1 Å². The predicted octanol–water partition coefficient (Wildman–Crippen LogP) is 1.15. The van der Waals surface area contributed by atoms with Crippen molar-refractivity contribution in [2.45, 2.75) is 30.4 Å². The van der Waals surface area contributed by atoms with E-state index >= 15 is 0 Å². The van der Waals surface area contributed by atoms with E-state index in [9.17, 15) is 4.79 Å². The Morgan fingerprint density at radius 2 is 2.35 bits per heavy atom. The van der Waals surface area contributed by atoms with Crippen LogP contribution in [0.2, 0.25) is 0 Å². The number of aromatic amines is 1. The zero-order valence-electron chi connectivity index (χ0n) is 11.1. The van der Waals surface area contributed by atoms with Crippen molar-refractivity contribution >= 4 is 17.6 Å². The molecule has 0 fully saturated rings. The Labute approximate surface area is 119 Å². The smallest absolute Gasteiger partial charge is 0.343 e. The normalized spacial score (nSPS) is 11.8. The Balaban J connectivity index is 2.46. The van der Waals surface area contributed by atoms with Crippen molar-refractivity contribution in [3.8, 4) is 0 Å². The van der Waals surface area contributed by atoms with Gasteiger partial charge in [0.05, 0.1) is 0 Å². The highest BCUT2D eigenvalue weighted by Crippen LogP contribution is 2.29. The summed E-state index contributed by atoms with van der Waals surface area (Å²) in [5, 5.41) is 18.8. The molecule has 8 heteroatoms. The Morgan fingerprint density at radius 1 is 1.60 bits per heavy atom. The van der Waals surface area contributed by atoms with Crippen LogP contribution in [0.5, 0.6) is 0 Å². The van der Waals surface area contributed by atoms with Gasteiger partial charge in [-0.1, -0.05) is 16.8 Å². The fourth-order valence-corrected chi connectivity index (χ4v) is 2.76. The first kappa shape index (κ1) is 14.2. The van der Waals surface area contributed by atoms with Gasteiger partial charge in [0.1, 0.15) is 0 Å². The van der Waals surface area contributed by atoms with Crippen LogP contribution in [0.4, 0.5) is 0 Å². The van der Waals surface area contributed by atoms with E-state index in [1.807, 2.05) is 32.0 Å². The number of rotatable bonds is 4. The van der Waals surface area contributed by atoms with Gasteiger partial charge < -0.3 is 10.9 Å². The van der Waals surface area contributed by atoms with Crippen molar-refractivity contribution in [1.29, 1.82) is 0 Å². The van der Waals surface area contributed by atoms with Gasteiger partial charge >= 0.3 is 5.69 Å². The van der Waals surface area contributed by atoms with E-state index in [1.54, 1.807) is 0 Å². The SMILES string of the molecule is CCn1c(Sc2ccc(C)cc2/C(N)=N/O)n[nH]c1=O. The van der Waals surface area contributed by atoms with Gasteiger partial charge in [0.2, 0.25) is 0 Å². The van der Waals surface area contributed by atoms with Crippen molar-refractivity contribution in [3.05, 3.63) is 39.8 Å². The molecule has 20 heavy (non-hydrogen) atoms. The minimum atomic E-state index is -0.257. The van der Waals surface area contributed by atoms with Crippen LogP contribution in [0.15, 0.2) is 38.2 Å². The van der Waals surface area contributed by atoms with Gasteiger partial charge in [-0.25, -0.2) is 9.89 Å². The van der Waals surface area contributed by atoms with Crippen LogP contribution < -0.4 is 11.4 Å². The van der Waals surface area contributed by atoms with E-state index < -0.39 is 0 Å². The average Bonchev–Trinajstić information content (AvgIpc) is 2.80. The van der Waals surface area contributed by atoms with Gasteiger partial charge in [-0.15, -0.1) is 5.10 Å². The summed E-state index contributed by atoms with van der Waals surface area (Å²) in [5.41, 5.74) is 7.02. The fraction of sp³-hybridized carbons (Fsp3) is 0.250. The maximum absolute atomic E-state index is 11.5. The number of nitrogens with one attached hydrogen (secondary N) is 1. The number of hydrogen-bond donors (Lipinski definition) is 3. The number of nitrogens with two attached hydrogens (primary N) is 1. The number of nitrogens with zero attached hydrogens (tertiary/aromatic N) is 3. The van der Waals surface area contributed by atoms with Crippen molar-refractivity contribution in [3.63, 3.8) is 0 Å². The van der Waals surface area contributed by atoms with Crippen LogP contribution in [-0.2, 0) is 6.54 Å². The van der Waals surface area contributed by atoms with E-state index in [4.69, 9.17) is 10.9 Å². The number of hydrogen-bond acceptors (Lipinski definition) is 5. The number of H-pyrrole nitrogens is 1. The van der Waals surface area contributed by atoms with E-state index in [0.29, 0.717) is 17.3 Å². The molecule has 7 nitrogen and oxygen atoms in total. The molecule has 0 saturated carbocycles. The van der Waals surface area contributed by atoms with Gasteiger partial charge in [0, 0.05) is 17.0 Å². The molecule has 0 aliphatic rings. The molecule has 1 heterocycles. The molecule has 0 radical (unpaired) electrons. The number of aromatic nitrogens is 3. The maximum Gasteiger partial charge on any atom is 0.343 e. The molecule has 2 rings (SSSR count). The van der Waals surface area contributed by atoms with Crippen molar-refractivity contribution in [2.24, 2.45) is 10.9 Å². The van der Waals surface area contributed by atoms with Crippen LogP contribution in [0, 0.1) is 6.92 Å². The van der Waals surface area contributed by atoms with E-state index in [2.05, 4.69) is 15.4 Å². The molecule has 0 saturated heterocycles. The minimum Gasteiger partial charge on any atom is -0.409 e. The third-order valence-electron chi connectivity index (χ3n) is 2.76. The van der Waals surface area contributed by atoms with Crippen LogP contribution in [0.3, 0.4) is 0 Å². The largest absolute Gasteiger partial charge is 0.409 e. The molecule has 0 amide bonds. The molecule has 0 bridgehead atoms. The summed E-state index contributed by atoms with van der Waals surface area (Å²) in [4.78, 5) is 12.3. The Kier molecular flexibility index (Phi) is 4.14. The van der Waals surface area contributed by atoms with Crippen molar-refractivity contribution in [1.82, 2.24) is 14.8 Å². The standard InChI is InChI=1S/C12H15N5O2S/c1-3-17-11(18)14-15-12(17)20-9-5-4-7(2)6-8(9)10(13)16-19/h4-6,19H,3H2,1-2H3,(H2,13,16)(H,14,18). The van der Waals surface area contributed by atoms with E-state index in [-0.39, 0.29) is 11.5 Å². The lowest BCUT2D eigenvalue weighted by molar-refractivity contribution is 0.318. The molecule has 1 aromatic heterocycles. The summed E-state index contributed by atoms with van der Waals surface area (Å²) >= 11 is 1.29. The van der Waals surface area contributed by atoms with Gasteiger partial charge in [0.15, 0.2) is 11.0 Å². The maximum atomic E-state index is 11.5. The predicted molar refractivity (Wildman–Crippen MR) is 76.3 cm³/mol. The second-order valence-electron chi connectivity index (χ2n) is 4.14. The van der Waals surface area contributed by atoms with Gasteiger partial charge in [-0.3, -0.25) is 4.57 Å². The van der Waals surface area contributed by atoms with Gasteiger partial charge in [0.25, 0.3) is 0 Å². The summed E-state index contributed by atoms with van der Waals surface area (Å²) in [6.07, 6.45) is 0. The molecule has 0 spiro atoms. The Bertz CT molecular complexity index is 704. The first-order chi connectivity index (χ1) is 9.56. The molecular weight excluding hydrogens is 278 g/mol. The summed E-state index contributed by atoms with van der Waals surface area (Å²) < 4.78 is 1.51. The number of amidine groups is 1. The van der Waals surface area contributed by atoms with E-state index in [0.717, 1.165) is 10.5 Å². The molecule has 4 N–H and O–H groups in total. The Hall–Kier alpha value is -2.22. The number of benzene rings is 1. The number of aryl methyl sites for hydroxylation is 1. The highest BCUT2D eigenvalue weighted by Gasteiger charge is 2.13. The summed E-state index contributed by atoms with van der Waals surface area (Å²) in [5.74, 6) is 0.0251. The highest BCUT2D eigenvalue weighted by molar-refractivity contribution is 7.99. The quantitative estimate of drug-likeness (QED) is 0.339. The zero-order valence-corrected chi connectivity index (χ0v) is 11.9. The first-order valence-corrected chi connectivity index (χ1v) is 6.80. The average molecular weight is 293 g/mol. The lowest BCUT2D eigenvalue weighted by Gasteiger charge is -2.08. The topological polar surface area (TPSA) is 109 Å². The molecule has 0 unspecified atom stereocenters. The second kappa shape index (κ2) is 5.83. The molecule has 2 aromatic rings. The van der Waals surface area contributed by atoms with Crippen molar-refractivity contribution in [2.75, 3.05) is 0 Å². The highest BCUT2D eigenvalue weighted by atomic mass is 32.2. The molecular formula is C12H15N5O2S. The lowest BCUT2D eigenvalue weighted by atomic mass is 10.1. The van der Waals surface area contributed by atoms with Gasteiger partial charge in [-0.2, -0.15) is 0 Å². The Morgan fingerprint density at radius 3 is 3.00 bits per heavy atom. The van der Waals surface area contributed by atoms with Crippen LogP contribution in [-0.4, -0.2) is 25.8 Å².